The second-order valence-corrected chi connectivity index (χ2v) is 0.936. The van der Waals surface area contributed by atoms with E-state index in [1.807, 2.05) is 0 Å². The molecule has 0 saturated carbocycles. The summed E-state index contributed by atoms with van der Waals surface area (Å²) in [6.45, 7) is 0. The van der Waals surface area contributed by atoms with Gasteiger partial charge in [0.05, 0.1) is 0 Å². The predicted molar refractivity (Wildman–Crippen MR) is 19.8 cm³/mol. The molecule has 0 N–H and O–H groups in total. The van der Waals surface area contributed by atoms with E-state index in [1.165, 1.54) is 0 Å². The van der Waals surface area contributed by atoms with E-state index >= 15 is 0 Å². The molecule has 7 nitrogen and oxygen atoms in total. The predicted octanol–water partition coefficient (Wildman–Crippen LogP) is -1.27. The Kier molecular flexibility index (Phi) is 2.75. The topological polar surface area (TPSA) is 95.9 Å². The molecule has 9 heavy (non-hydrogen) atoms. The van der Waals surface area contributed by atoms with E-state index in [0.29, 0.717) is 0 Å². The smallest absolute Gasteiger partial charge is 0.458 e. The van der Waals surface area contributed by atoms with E-state index in [1.54, 1.807) is 0 Å². The molecule has 0 fully saturated rings. The van der Waals surface area contributed by atoms with Crippen LogP contribution in [-0.4, -0.2) is 20.4 Å². The average molecular weight is 178 g/mol. The quantitative estimate of drug-likeness (QED) is 0.302. The summed E-state index contributed by atoms with van der Waals surface area (Å²) < 4.78 is 0. The van der Waals surface area contributed by atoms with Crippen LogP contribution in [-0.2, 0) is 17.1 Å². The van der Waals surface area contributed by atoms with Crippen molar-refractivity contribution in [2.75, 3.05) is 0 Å². The standard InChI is InChI=1S/CN5O2.Cu/c7-6(8)1-2-4-5-3-1;/q-1;+1. The zero-order valence-corrected chi connectivity index (χ0v) is 4.80. The van der Waals surface area contributed by atoms with Gasteiger partial charge in [0, 0.05) is 0 Å². The molecule has 0 atom stereocenters. The summed E-state index contributed by atoms with van der Waals surface area (Å²) in [5, 5.41) is 21.3. The molecule has 0 spiro atoms. The van der Waals surface area contributed by atoms with Crippen molar-refractivity contribution in [3.05, 3.63) is 10.1 Å². The molecule has 1 heterocycles. The molecule has 0 aliphatic carbocycles. The SMILES string of the molecule is O=[N+]([O-])c1nnn[n-]1.[Cu+]. The van der Waals surface area contributed by atoms with Crippen LogP contribution in [0.2, 0.25) is 0 Å². The number of nitrogens with zero attached hydrogens (tertiary/aromatic N) is 5. The van der Waals surface area contributed by atoms with Crippen molar-refractivity contribution in [3.8, 4) is 0 Å². The van der Waals surface area contributed by atoms with E-state index < -0.39 is 10.9 Å². The van der Waals surface area contributed by atoms with Crippen molar-refractivity contribution in [2.45, 2.75) is 0 Å². The monoisotopic (exact) mass is 177 g/mol. The average Bonchev–Trinajstić information content (AvgIpc) is 2.12. The van der Waals surface area contributed by atoms with Gasteiger partial charge in [-0.15, -0.1) is 0 Å². The summed E-state index contributed by atoms with van der Waals surface area (Å²) >= 11 is 0. The molecule has 0 bridgehead atoms. The van der Waals surface area contributed by atoms with Gasteiger partial charge in [0.25, 0.3) is 5.95 Å². The molecule has 0 aliphatic heterocycles. The maximum atomic E-state index is 9.66. The van der Waals surface area contributed by atoms with Crippen LogP contribution in [0.15, 0.2) is 0 Å². The second kappa shape index (κ2) is 3.10. The summed E-state index contributed by atoms with van der Waals surface area (Å²) in [5.74, 6) is -0.565. The van der Waals surface area contributed by atoms with Crippen LogP contribution < -0.4 is 5.10 Å². The Morgan fingerprint density at radius 2 is 2.33 bits per heavy atom. The van der Waals surface area contributed by atoms with Gasteiger partial charge in [0.2, 0.25) is 0 Å². The van der Waals surface area contributed by atoms with Crippen molar-refractivity contribution >= 4 is 5.95 Å². The second-order valence-electron chi connectivity index (χ2n) is 0.936. The van der Waals surface area contributed by atoms with Crippen LogP contribution in [0.3, 0.4) is 0 Å². The molecule has 1 aromatic heterocycles. The van der Waals surface area contributed by atoms with Crippen molar-refractivity contribution in [1.29, 1.82) is 0 Å². The summed E-state index contributed by atoms with van der Waals surface area (Å²) in [6.07, 6.45) is 0. The first-order valence-electron chi connectivity index (χ1n) is 1.64. The zero-order valence-electron chi connectivity index (χ0n) is 3.85. The fourth-order valence-electron chi connectivity index (χ4n) is 0.213. The van der Waals surface area contributed by atoms with Crippen LogP contribution in [0.5, 0.6) is 0 Å². The van der Waals surface area contributed by atoms with Gasteiger partial charge < -0.3 is 10.1 Å². The largest absolute Gasteiger partial charge is 1.00 e. The molecule has 0 unspecified atom stereocenters. The van der Waals surface area contributed by atoms with Gasteiger partial charge in [-0.3, -0.25) is 0 Å². The molecule has 0 radical (unpaired) electrons. The number of aromatic nitrogens is 4. The van der Waals surface area contributed by atoms with Gasteiger partial charge in [-0.25, -0.2) is 0 Å². The number of hydrogen-bond donors (Lipinski definition) is 0. The van der Waals surface area contributed by atoms with Crippen molar-refractivity contribution < 1.29 is 22.0 Å². The molecule has 0 aromatic carbocycles. The third-order valence-electron chi connectivity index (χ3n) is 0.472. The summed E-state index contributed by atoms with van der Waals surface area (Å²) in [7, 11) is 0. The third-order valence-corrected chi connectivity index (χ3v) is 0.472. The molecular formula is CCuN5O2. The van der Waals surface area contributed by atoms with Crippen LogP contribution >= 0.6 is 0 Å². The fraction of sp³-hybridized carbons (Fsp3) is 0. The third kappa shape index (κ3) is 1.74. The Hall–Kier alpha value is -1.01. The molecule has 52 valence electrons. The number of hydrogen-bond acceptors (Lipinski definition) is 5. The molecule has 1 rings (SSSR count). The Labute approximate surface area is 59.5 Å². The van der Waals surface area contributed by atoms with Crippen LogP contribution in [0.1, 0.15) is 0 Å². The van der Waals surface area contributed by atoms with Crippen molar-refractivity contribution in [3.63, 3.8) is 0 Å². The first-order valence-corrected chi connectivity index (χ1v) is 1.64. The first kappa shape index (κ1) is 7.99. The fourth-order valence-corrected chi connectivity index (χ4v) is 0.213. The van der Waals surface area contributed by atoms with E-state index in [0.717, 1.165) is 0 Å². The van der Waals surface area contributed by atoms with Crippen LogP contribution in [0.25, 0.3) is 0 Å². The van der Waals surface area contributed by atoms with Crippen LogP contribution in [0, 0.1) is 10.1 Å². The van der Waals surface area contributed by atoms with Gasteiger partial charge >= 0.3 is 17.1 Å². The number of rotatable bonds is 1. The minimum atomic E-state index is -0.764. The summed E-state index contributed by atoms with van der Waals surface area (Å²) in [5.41, 5.74) is 0. The first-order chi connectivity index (χ1) is 3.80. The van der Waals surface area contributed by atoms with Crippen LogP contribution in [0.4, 0.5) is 5.95 Å². The van der Waals surface area contributed by atoms with Gasteiger partial charge in [-0.2, -0.15) is 4.92 Å². The van der Waals surface area contributed by atoms with Crippen molar-refractivity contribution in [1.82, 2.24) is 20.6 Å². The number of nitro groups is 1. The molecule has 0 saturated heterocycles. The Morgan fingerprint density at radius 3 is 2.56 bits per heavy atom. The van der Waals surface area contributed by atoms with Crippen molar-refractivity contribution in [2.24, 2.45) is 0 Å². The van der Waals surface area contributed by atoms with Gasteiger partial charge in [0.1, 0.15) is 0 Å². The molecule has 1 aromatic rings. The zero-order chi connectivity index (χ0) is 5.98. The Balaban J connectivity index is 0.000000640. The normalized spacial score (nSPS) is 8.00. The van der Waals surface area contributed by atoms with Gasteiger partial charge in [-0.05, 0) is 10.4 Å². The maximum absolute atomic E-state index is 9.66. The van der Waals surface area contributed by atoms with E-state index in [9.17, 15) is 10.1 Å². The van der Waals surface area contributed by atoms with E-state index in [4.69, 9.17) is 0 Å². The van der Waals surface area contributed by atoms with E-state index in [-0.39, 0.29) is 17.1 Å². The number of tetrazole rings is 1. The Bertz CT molecular complexity index is 183. The van der Waals surface area contributed by atoms with E-state index in [2.05, 4.69) is 20.6 Å². The van der Waals surface area contributed by atoms with Gasteiger partial charge in [0.15, 0.2) is 0 Å². The summed E-state index contributed by atoms with van der Waals surface area (Å²) in [6, 6.07) is 0. The molecule has 0 aliphatic rings. The Morgan fingerprint density at radius 1 is 1.67 bits per heavy atom. The summed E-state index contributed by atoms with van der Waals surface area (Å²) in [4.78, 5) is 8.90. The molecule has 8 heteroatoms. The minimum absolute atomic E-state index is 0. The minimum Gasteiger partial charge on any atom is -0.458 e. The maximum Gasteiger partial charge on any atom is 1.00 e. The van der Waals surface area contributed by atoms with Gasteiger partial charge in [-0.1, -0.05) is 10.2 Å². The molecular weight excluding hydrogens is 178 g/mol. The molecule has 0 amide bonds.